The van der Waals surface area contributed by atoms with Crippen LogP contribution in [0.4, 0.5) is 0 Å². The Balaban J connectivity index is 1.65. The normalized spacial score (nSPS) is 65.6. The van der Waals surface area contributed by atoms with E-state index in [0.29, 0.717) is 5.78 Å². The number of rotatable bonds is 1. The second-order valence-electron chi connectivity index (χ2n) is 8.01. The van der Waals surface area contributed by atoms with E-state index in [1.165, 1.54) is 38.5 Å². The highest BCUT2D eigenvalue weighted by molar-refractivity contribution is 5.83. The van der Waals surface area contributed by atoms with Gasteiger partial charge in [0.2, 0.25) is 0 Å². The largest absolute Gasteiger partial charge is 0.299 e. The quantitative estimate of drug-likeness (QED) is 0.675. The number of Topliss-reactive ketones (excluding diaryl/α,β-unsaturated/α-hetero) is 1. The van der Waals surface area contributed by atoms with Gasteiger partial charge in [-0.2, -0.15) is 0 Å². The molecule has 0 amide bonds. The highest BCUT2D eigenvalue weighted by Crippen LogP contribution is 2.74. The third-order valence-electron chi connectivity index (χ3n) is 7.74. The van der Waals surface area contributed by atoms with Crippen molar-refractivity contribution in [1.29, 1.82) is 0 Å². The molecule has 7 rings (SSSR count). The van der Waals surface area contributed by atoms with Crippen molar-refractivity contribution in [3.63, 3.8) is 0 Å². The van der Waals surface area contributed by atoms with Gasteiger partial charge in [-0.05, 0) is 86.9 Å². The summed E-state index contributed by atoms with van der Waals surface area (Å²) in [5, 5.41) is 0. The molecule has 1 nitrogen and oxygen atoms in total. The van der Waals surface area contributed by atoms with E-state index in [-0.39, 0.29) is 5.41 Å². The molecular weight excluding hydrogens is 208 g/mol. The van der Waals surface area contributed by atoms with Gasteiger partial charge >= 0.3 is 0 Å². The summed E-state index contributed by atoms with van der Waals surface area (Å²) in [7, 11) is 0. The first kappa shape index (κ1) is 9.58. The third kappa shape index (κ3) is 0.912. The summed E-state index contributed by atoms with van der Waals surface area (Å²) >= 11 is 0. The Labute approximate surface area is 103 Å². The maximum atomic E-state index is 12.1. The van der Waals surface area contributed by atoms with Crippen LogP contribution in [0, 0.1) is 46.8 Å². The average Bonchev–Trinajstić information content (AvgIpc) is 2.34. The Kier molecular flexibility index (Phi) is 1.49. The Hall–Kier alpha value is -0.330. The van der Waals surface area contributed by atoms with Gasteiger partial charge in [-0.25, -0.2) is 0 Å². The molecule has 8 bridgehead atoms. The van der Waals surface area contributed by atoms with Crippen LogP contribution in [0.2, 0.25) is 0 Å². The summed E-state index contributed by atoms with van der Waals surface area (Å²) in [6.07, 6.45) is 8.44. The average molecular weight is 230 g/mol. The van der Waals surface area contributed by atoms with E-state index in [4.69, 9.17) is 0 Å². The van der Waals surface area contributed by atoms with Crippen LogP contribution >= 0.6 is 0 Å². The van der Waals surface area contributed by atoms with Gasteiger partial charge in [-0.15, -0.1) is 0 Å². The van der Waals surface area contributed by atoms with Gasteiger partial charge in [-0.3, -0.25) is 4.79 Å². The number of carbonyl (C=O) groups is 1. The van der Waals surface area contributed by atoms with E-state index in [1.54, 1.807) is 0 Å². The third-order valence-corrected chi connectivity index (χ3v) is 7.74. The van der Waals surface area contributed by atoms with E-state index in [2.05, 4.69) is 0 Å². The fraction of sp³-hybridized carbons (Fsp3) is 0.938. The molecule has 0 N–H and O–H groups in total. The molecule has 0 unspecified atom stereocenters. The Bertz CT molecular complexity index is 349. The monoisotopic (exact) mass is 230 g/mol. The predicted octanol–water partition coefficient (Wildman–Crippen LogP) is 3.28. The van der Waals surface area contributed by atoms with Crippen LogP contribution in [-0.2, 0) is 4.79 Å². The maximum Gasteiger partial charge on any atom is 0.135 e. The van der Waals surface area contributed by atoms with E-state index >= 15 is 0 Å². The van der Waals surface area contributed by atoms with Crippen molar-refractivity contribution >= 4 is 5.78 Å². The van der Waals surface area contributed by atoms with E-state index in [0.717, 1.165) is 41.4 Å². The first-order valence-corrected chi connectivity index (χ1v) is 7.69. The molecular formula is C16H22O. The summed E-state index contributed by atoms with van der Waals surface area (Å²) in [6.45, 7) is 1.88. The Morgan fingerprint density at radius 2 is 1.24 bits per heavy atom. The number of hydrogen-bond acceptors (Lipinski definition) is 1. The SMILES string of the molecule is CC(=O)C12CC3C4CC5CC3C(C1)C(C5)C4C2. The summed E-state index contributed by atoms with van der Waals surface area (Å²) in [6, 6.07) is 0. The fourth-order valence-electron chi connectivity index (χ4n) is 7.34. The zero-order valence-electron chi connectivity index (χ0n) is 10.7. The minimum atomic E-state index is 0.160. The van der Waals surface area contributed by atoms with Gasteiger partial charge in [0.05, 0.1) is 0 Å². The van der Waals surface area contributed by atoms with Crippen molar-refractivity contribution in [3.8, 4) is 0 Å². The van der Waals surface area contributed by atoms with Crippen molar-refractivity contribution in [1.82, 2.24) is 0 Å². The summed E-state index contributed by atoms with van der Waals surface area (Å²) < 4.78 is 0. The van der Waals surface area contributed by atoms with Gasteiger partial charge in [0.15, 0.2) is 0 Å². The van der Waals surface area contributed by atoms with Crippen LogP contribution in [0.15, 0.2) is 0 Å². The molecule has 0 aromatic carbocycles. The maximum absolute atomic E-state index is 12.1. The van der Waals surface area contributed by atoms with Crippen molar-refractivity contribution in [2.24, 2.45) is 46.8 Å². The molecule has 7 aliphatic carbocycles. The van der Waals surface area contributed by atoms with Gasteiger partial charge in [0.1, 0.15) is 5.78 Å². The second-order valence-corrected chi connectivity index (χ2v) is 8.01. The smallest absolute Gasteiger partial charge is 0.135 e. The molecule has 92 valence electrons. The fourth-order valence-corrected chi connectivity index (χ4v) is 7.34. The zero-order chi connectivity index (χ0) is 11.4. The van der Waals surface area contributed by atoms with Gasteiger partial charge in [0, 0.05) is 5.41 Å². The van der Waals surface area contributed by atoms with E-state index < -0.39 is 0 Å². The van der Waals surface area contributed by atoms with E-state index in [9.17, 15) is 4.79 Å². The lowest BCUT2D eigenvalue weighted by Gasteiger charge is -2.72. The molecule has 17 heavy (non-hydrogen) atoms. The molecule has 0 atom stereocenters. The lowest BCUT2D eigenvalue weighted by Crippen LogP contribution is -2.66. The molecule has 7 fully saturated rings. The minimum Gasteiger partial charge on any atom is -0.299 e. The van der Waals surface area contributed by atoms with Crippen molar-refractivity contribution in [2.45, 2.75) is 45.4 Å². The van der Waals surface area contributed by atoms with Gasteiger partial charge in [0.25, 0.3) is 0 Å². The van der Waals surface area contributed by atoms with Crippen LogP contribution in [0.3, 0.4) is 0 Å². The molecule has 0 aromatic rings. The van der Waals surface area contributed by atoms with Crippen molar-refractivity contribution < 1.29 is 4.79 Å². The molecule has 0 spiro atoms. The minimum absolute atomic E-state index is 0.160. The van der Waals surface area contributed by atoms with Crippen molar-refractivity contribution in [2.75, 3.05) is 0 Å². The zero-order valence-corrected chi connectivity index (χ0v) is 10.7. The molecule has 7 aliphatic rings. The Morgan fingerprint density at radius 3 is 1.59 bits per heavy atom. The van der Waals surface area contributed by atoms with Crippen LogP contribution in [-0.4, -0.2) is 5.78 Å². The molecule has 1 heteroatoms. The highest BCUT2D eigenvalue weighted by atomic mass is 16.1. The summed E-state index contributed by atoms with van der Waals surface area (Å²) in [5.74, 6) is 7.63. The Morgan fingerprint density at radius 1 is 0.824 bits per heavy atom. The number of hydrogen-bond donors (Lipinski definition) is 0. The summed E-state index contributed by atoms with van der Waals surface area (Å²) in [5.41, 5.74) is 0.160. The molecule has 0 aliphatic heterocycles. The number of carbonyl (C=O) groups excluding carboxylic acids is 1. The lowest BCUT2D eigenvalue weighted by atomic mass is 9.32. The molecule has 0 radical (unpaired) electrons. The summed E-state index contributed by atoms with van der Waals surface area (Å²) in [4.78, 5) is 12.1. The standard InChI is InChI=1S/C16H22O/c1-8(17)16-5-13-10-2-9-3-11(13)15(7-16)12(4-9)14(10)6-16/h9-15H,2-7H2,1H3. The molecule has 0 saturated heterocycles. The lowest BCUT2D eigenvalue weighted by molar-refractivity contribution is -0.228. The molecule has 0 aromatic heterocycles. The number of ketones is 1. The first-order valence-electron chi connectivity index (χ1n) is 7.69. The topological polar surface area (TPSA) is 17.1 Å². The van der Waals surface area contributed by atoms with Crippen LogP contribution < -0.4 is 0 Å². The van der Waals surface area contributed by atoms with Gasteiger partial charge < -0.3 is 0 Å². The van der Waals surface area contributed by atoms with Crippen molar-refractivity contribution in [3.05, 3.63) is 0 Å². The van der Waals surface area contributed by atoms with E-state index in [1.807, 2.05) is 6.92 Å². The van der Waals surface area contributed by atoms with Crippen LogP contribution in [0.1, 0.15) is 45.4 Å². The predicted molar refractivity (Wildman–Crippen MR) is 65.2 cm³/mol. The molecule has 7 saturated carbocycles. The molecule has 0 heterocycles. The highest BCUT2D eigenvalue weighted by Gasteiger charge is 2.68. The van der Waals surface area contributed by atoms with Gasteiger partial charge in [-0.1, -0.05) is 0 Å². The second kappa shape index (κ2) is 2.65. The van der Waals surface area contributed by atoms with Crippen LogP contribution in [0.25, 0.3) is 0 Å². The first-order chi connectivity index (χ1) is 8.18. The van der Waals surface area contributed by atoms with Crippen LogP contribution in [0.5, 0.6) is 0 Å².